The quantitative estimate of drug-likeness (QED) is 0.629. The first kappa shape index (κ1) is 13.6. The van der Waals surface area contributed by atoms with Crippen LogP contribution in [0.25, 0.3) is 0 Å². The highest BCUT2D eigenvalue weighted by Gasteiger charge is 2.39. The van der Waals surface area contributed by atoms with Gasteiger partial charge in [0.15, 0.2) is 5.82 Å². The Morgan fingerprint density at radius 3 is 2.70 bits per heavy atom. The molecule has 6 nitrogen and oxygen atoms in total. The topological polar surface area (TPSA) is 90.3 Å². The van der Waals surface area contributed by atoms with Gasteiger partial charge in [-0.25, -0.2) is 8.78 Å². The molecule has 102 valence electrons. The Labute approximate surface area is 111 Å². The molecule has 2 amide bonds. The summed E-state index contributed by atoms with van der Waals surface area (Å²) in [5, 5.41) is 10.5. The van der Waals surface area contributed by atoms with Crippen molar-refractivity contribution < 1.29 is 23.2 Å². The van der Waals surface area contributed by atoms with Crippen molar-refractivity contribution in [3.63, 3.8) is 0 Å². The summed E-state index contributed by atoms with van der Waals surface area (Å²) in [6, 6.07) is 2.92. The van der Waals surface area contributed by atoms with Crippen LogP contribution in [0.1, 0.15) is 10.4 Å². The van der Waals surface area contributed by atoms with E-state index in [0.29, 0.717) is 11.0 Å². The first-order chi connectivity index (χ1) is 9.45. The molecule has 0 unspecified atom stereocenters. The van der Waals surface area contributed by atoms with Crippen molar-refractivity contribution in [2.75, 3.05) is 18.0 Å². The van der Waals surface area contributed by atoms with Crippen molar-refractivity contribution in [1.82, 2.24) is 5.32 Å². The minimum absolute atomic E-state index is 0.284. The lowest BCUT2D eigenvalue weighted by molar-refractivity contribution is -0.121. The summed E-state index contributed by atoms with van der Waals surface area (Å²) in [5.41, 5.74) is -0.839. The normalized spacial score (nSPS) is 13.2. The predicted molar refractivity (Wildman–Crippen MR) is 61.7 cm³/mol. The number of hydrogen-bond donors (Lipinski definition) is 1. The van der Waals surface area contributed by atoms with Gasteiger partial charge in [0.25, 0.3) is 11.7 Å². The maximum absolute atomic E-state index is 13.7. The Bertz CT molecular complexity index is 667. The highest BCUT2D eigenvalue weighted by molar-refractivity contribution is 6.52. The van der Waals surface area contributed by atoms with E-state index in [1.807, 2.05) is 0 Å². The van der Waals surface area contributed by atoms with Crippen LogP contribution in [-0.4, -0.2) is 30.7 Å². The number of rotatable bonds is 3. The molecular weight excluding hydrogens is 272 g/mol. The highest BCUT2D eigenvalue weighted by Crippen LogP contribution is 2.32. The SMILES string of the molecule is N#CCNC(=O)CN1C(=O)C(=O)c2cc(F)cc(F)c21. The predicted octanol–water partition coefficient (Wildman–Crippen LogP) is 0.134. The average molecular weight is 279 g/mol. The summed E-state index contributed by atoms with van der Waals surface area (Å²) in [7, 11) is 0. The van der Waals surface area contributed by atoms with Gasteiger partial charge in [-0.2, -0.15) is 5.26 Å². The summed E-state index contributed by atoms with van der Waals surface area (Å²) in [4.78, 5) is 35.3. The van der Waals surface area contributed by atoms with Crippen molar-refractivity contribution in [2.24, 2.45) is 0 Å². The number of carbonyl (C=O) groups is 3. The van der Waals surface area contributed by atoms with Gasteiger partial charge in [-0.15, -0.1) is 0 Å². The lowest BCUT2D eigenvalue weighted by atomic mass is 10.1. The molecule has 20 heavy (non-hydrogen) atoms. The number of ketones is 1. The molecule has 0 saturated heterocycles. The molecule has 0 radical (unpaired) electrons. The summed E-state index contributed by atoms with van der Waals surface area (Å²) in [6.07, 6.45) is 0. The first-order valence-electron chi connectivity index (χ1n) is 5.44. The molecule has 0 fully saturated rings. The lowest BCUT2D eigenvalue weighted by Crippen LogP contribution is -2.40. The number of halogens is 2. The van der Waals surface area contributed by atoms with Crippen LogP contribution in [0.4, 0.5) is 14.5 Å². The zero-order chi connectivity index (χ0) is 14.9. The largest absolute Gasteiger partial charge is 0.341 e. The number of anilines is 1. The molecule has 1 aliphatic heterocycles. The minimum Gasteiger partial charge on any atom is -0.341 e. The van der Waals surface area contributed by atoms with Crippen LogP contribution >= 0.6 is 0 Å². The number of nitrogens with one attached hydrogen (secondary N) is 1. The Morgan fingerprint density at radius 2 is 2.05 bits per heavy atom. The summed E-state index contributed by atoms with van der Waals surface area (Å²) < 4.78 is 26.7. The van der Waals surface area contributed by atoms with Crippen LogP contribution in [0.5, 0.6) is 0 Å². The Balaban J connectivity index is 2.34. The average Bonchev–Trinajstić information content (AvgIpc) is 2.62. The molecule has 8 heteroatoms. The Hall–Kier alpha value is -2.82. The smallest absolute Gasteiger partial charge is 0.300 e. The van der Waals surface area contributed by atoms with Gasteiger partial charge in [-0.05, 0) is 6.07 Å². The molecule has 0 spiro atoms. The molecule has 0 aromatic heterocycles. The van der Waals surface area contributed by atoms with Gasteiger partial charge in [0.1, 0.15) is 18.9 Å². The maximum Gasteiger partial charge on any atom is 0.300 e. The molecule has 1 heterocycles. The number of benzene rings is 1. The second-order valence-corrected chi connectivity index (χ2v) is 3.94. The van der Waals surface area contributed by atoms with Gasteiger partial charge < -0.3 is 5.32 Å². The van der Waals surface area contributed by atoms with Gasteiger partial charge in [-0.3, -0.25) is 19.3 Å². The third-order valence-electron chi connectivity index (χ3n) is 2.65. The molecule has 1 aromatic carbocycles. The highest BCUT2D eigenvalue weighted by atomic mass is 19.1. The van der Waals surface area contributed by atoms with E-state index in [-0.39, 0.29) is 6.54 Å². The van der Waals surface area contributed by atoms with Crippen molar-refractivity contribution >= 4 is 23.3 Å². The molecule has 1 aromatic rings. The van der Waals surface area contributed by atoms with E-state index < -0.39 is 47.0 Å². The van der Waals surface area contributed by atoms with Crippen molar-refractivity contribution in [3.05, 3.63) is 29.3 Å². The van der Waals surface area contributed by atoms with E-state index in [2.05, 4.69) is 5.32 Å². The lowest BCUT2D eigenvalue weighted by Gasteiger charge is -2.16. The van der Waals surface area contributed by atoms with Gasteiger partial charge in [0.05, 0.1) is 17.3 Å². The van der Waals surface area contributed by atoms with Crippen LogP contribution < -0.4 is 10.2 Å². The molecule has 1 N–H and O–H groups in total. The number of carbonyl (C=O) groups excluding carboxylic acids is 3. The first-order valence-corrected chi connectivity index (χ1v) is 5.44. The number of nitriles is 1. The van der Waals surface area contributed by atoms with Crippen molar-refractivity contribution in [1.29, 1.82) is 5.26 Å². The number of fused-ring (bicyclic) bond motifs is 1. The number of hydrogen-bond acceptors (Lipinski definition) is 4. The van der Waals surface area contributed by atoms with Gasteiger partial charge in [-0.1, -0.05) is 0 Å². The van der Waals surface area contributed by atoms with Gasteiger partial charge in [0, 0.05) is 6.07 Å². The minimum atomic E-state index is -1.11. The Morgan fingerprint density at radius 1 is 1.35 bits per heavy atom. The van der Waals surface area contributed by atoms with E-state index in [9.17, 15) is 23.2 Å². The van der Waals surface area contributed by atoms with Crippen molar-refractivity contribution in [2.45, 2.75) is 0 Å². The molecule has 0 atom stereocenters. The third-order valence-corrected chi connectivity index (χ3v) is 2.65. The molecule has 1 aliphatic rings. The van der Waals surface area contributed by atoms with Crippen molar-refractivity contribution in [3.8, 4) is 6.07 Å². The van der Waals surface area contributed by atoms with Crippen LogP contribution in [0.2, 0.25) is 0 Å². The van der Waals surface area contributed by atoms with Crippen LogP contribution in [-0.2, 0) is 9.59 Å². The van der Waals surface area contributed by atoms with E-state index in [0.717, 1.165) is 6.07 Å². The number of Topliss-reactive ketones (excluding diaryl/α,β-unsaturated/α-hetero) is 1. The Kier molecular flexibility index (Phi) is 3.43. The summed E-state index contributed by atoms with van der Waals surface area (Å²) in [5.74, 6) is -5.02. The standard InChI is InChI=1S/C12H7F2N3O3/c13-6-3-7-10(8(14)4-6)17(12(20)11(7)19)5-9(18)16-2-1-15/h3-4H,2,5H2,(H,16,18). The second-order valence-electron chi connectivity index (χ2n) is 3.94. The molecule has 0 bridgehead atoms. The van der Waals surface area contributed by atoms with Crippen LogP contribution in [0.3, 0.4) is 0 Å². The van der Waals surface area contributed by atoms with Gasteiger partial charge in [0.2, 0.25) is 5.91 Å². The van der Waals surface area contributed by atoms with Gasteiger partial charge >= 0.3 is 0 Å². The third kappa shape index (κ3) is 2.21. The zero-order valence-corrected chi connectivity index (χ0v) is 9.94. The number of amides is 2. The summed E-state index contributed by atoms with van der Waals surface area (Å²) >= 11 is 0. The van der Waals surface area contributed by atoms with E-state index >= 15 is 0 Å². The van der Waals surface area contributed by atoms with Crippen LogP contribution in [0.15, 0.2) is 12.1 Å². The zero-order valence-electron chi connectivity index (χ0n) is 9.94. The molecule has 2 rings (SSSR count). The fourth-order valence-electron chi connectivity index (χ4n) is 1.84. The fourth-order valence-corrected chi connectivity index (χ4v) is 1.84. The second kappa shape index (κ2) is 5.05. The molecule has 0 saturated carbocycles. The summed E-state index contributed by atoms with van der Waals surface area (Å²) in [6.45, 7) is -0.907. The maximum atomic E-state index is 13.7. The van der Waals surface area contributed by atoms with Crippen LogP contribution in [0, 0.1) is 23.0 Å². The molecule has 0 aliphatic carbocycles. The molecular formula is C12H7F2N3O3. The number of nitrogens with zero attached hydrogens (tertiary/aromatic N) is 2. The van der Waals surface area contributed by atoms with E-state index in [1.54, 1.807) is 6.07 Å². The van der Waals surface area contributed by atoms with E-state index in [4.69, 9.17) is 5.26 Å². The van der Waals surface area contributed by atoms with E-state index in [1.165, 1.54) is 0 Å². The fraction of sp³-hybridized carbons (Fsp3) is 0.167. The monoisotopic (exact) mass is 279 g/mol.